The second-order valence-electron chi connectivity index (χ2n) is 4.64. The Balaban J connectivity index is 1.95. The van der Waals surface area contributed by atoms with Crippen molar-refractivity contribution in [3.8, 4) is 0 Å². The average molecular weight is 308 g/mol. The summed E-state index contributed by atoms with van der Waals surface area (Å²) in [6.07, 6.45) is 0.624. The van der Waals surface area contributed by atoms with Crippen molar-refractivity contribution in [3.63, 3.8) is 0 Å². The maximum Gasteiger partial charge on any atom is 0.178 e. The topological polar surface area (TPSA) is 51.2 Å². The highest BCUT2D eigenvalue weighted by Crippen LogP contribution is 2.16. The maximum atomic E-state index is 12.1. The predicted molar refractivity (Wildman–Crippen MR) is 81.1 cm³/mol. The van der Waals surface area contributed by atoms with Gasteiger partial charge in [-0.15, -0.1) is 11.3 Å². The molecular weight excluding hydrogens is 292 g/mol. The van der Waals surface area contributed by atoms with Crippen LogP contribution in [0.1, 0.15) is 28.1 Å². The monoisotopic (exact) mass is 308 g/mol. The third kappa shape index (κ3) is 3.77. The molecule has 0 atom stereocenters. The van der Waals surface area contributed by atoms with Crippen molar-refractivity contribution in [1.29, 1.82) is 0 Å². The van der Waals surface area contributed by atoms with Crippen LogP contribution < -0.4 is 0 Å². The van der Waals surface area contributed by atoms with Gasteiger partial charge >= 0.3 is 0 Å². The minimum Gasteiger partial charge on any atom is -0.293 e. The van der Waals surface area contributed by atoms with Gasteiger partial charge in [0.2, 0.25) is 0 Å². The Morgan fingerprint density at radius 3 is 2.65 bits per heavy atom. The van der Waals surface area contributed by atoms with E-state index in [4.69, 9.17) is 0 Å². The number of hydrogen-bond acceptors (Lipinski definition) is 4. The molecule has 0 unspecified atom stereocenters. The number of benzene rings is 1. The van der Waals surface area contributed by atoms with Crippen LogP contribution in [0.3, 0.4) is 0 Å². The lowest BCUT2D eigenvalue weighted by atomic mass is 10.2. The number of thiophene rings is 1. The van der Waals surface area contributed by atoms with E-state index in [0.29, 0.717) is 16.2 Å². The summed E-state index contributed by atoms with van der Waals surface area (Å²) in [7, 11) is -3.30. The molecule has 0 N–H and O–H groups in total. The Labute approximate surface area is 123 Å². The van der Waals surface area contributed by atoms with Crippen molar-refractivity contribution >= 4 is 27.0 Å². The average Bonchev–Trinajstić information content (AvgIpc) is 2.92. The van der Waals surface area contributed by atoms with Gasteiger partial charge in [0.05, 0.1) is 15.5 Å². The van der Waals surface area contributed by atoms with Crippen molar-refractivity contribution < 1.29 is 13.2 Å². The summed E-state index contributed by atoms with van der Waals surface area (Å²) in [5, 5.41) is 1.84. The van der Waals surface area contributed by atoms with E-state index in [2.05, 4.69) is 0 Å². The molecule has 20 heavy (non-hydrogen) atoms. The highest BCUT2D eigenvalue weighted by atomic mass is 32.2. The van der Waals surface area contributed by atoms with Crippen molar-refractivity contribution in [2.24, 2.45) is 0 Å². The van der Waals surface area contributed by atoms with Gasteiger partial charge in [-0.2, -0.15) is 0 Å². The Kier molecular flexibility index (Phi) is 4.73. The number of ketones is 1. The number of aryl methyl sites for hydroxylation is 1. The van der Waals surface area contributed by atoms with Gasteiger partial charge in [0.1, 0.15) is 0 Å². The molecule has 1 aromatic carbocycles. The van der Waals surface area contributed by atoms with Gasteiger partial charge in [-0.1, -0.05) is 18.2 Å². The van der Waals surface area contributed by atoms with Crippen LogP contribution in [0.5, 0.6) is 0 Å². The molecule has 0 aliphatic heterocycles. The zero-order valence-electron chi connectivity index (χ0n) is 11.2. The van der Waals surface area contributed by atoms with Gasteiger partial charge in [-0.05, 0) is 42.5 Å². The lowest BCUT2D eigenvalue weighted by molar-refractivity contribution is 0.0986. The number of hydrogen-bond donors (Lipinski definition) is 0. The molecule has 0 aliphatic rings. The molecule has 0 saturated heterocycles. The van der Waals surface area contributed by atoms with Gasteiger partial charge in [0, 0.05) is 6.42 Å². The largest absolute Gasteiger partial charge is 0.293 e. The van der Waals surface area contributed by atoms with Crippen LogP contribution in [0.2, 0.25) is 0 Å². The van der Waals surface area contributed by atoms with Crippen LogP contribution in [-0.2, 0) is 9.84 Å². The maximum absolute atomic E-state index is 12.1. The highest BCUT2D eigenvalue weighted by Gasteiger charge is 2.15. The SMILES string of the molecule is Cc1cccc(S(=O)(=O)CCCC(=O)c2cccs2)c1. The first-order valence-corrected chi connectivity index (χ1v) is 8.88. The van der Waals surface area contributed by atoms with Crippen molar-refractivity contribution in [2.75, 3.05) is 5.75 Å². The molecule has 0 spiro atoms. The van der Waals surface area contributed by atoms with E-state index in [0.717, 1.165) is 5.56 Å². The smallest absolute Gasteiger partial charge is 0.178 e. The second kappa shape index (κ2) is 6.33. The molecule has 0 bridgehead atoms. The Morgan fingerprint density at radius 1 is 1.20 bits per heavy atom. The lowest BCUT2D eigenvalue weighted by Gasteiger charge is -2.05. The molecule has 0 radical (unpaired) electrons. The fraction of sp³-hybridized carbons (Fsp3) is 0.267. The zero-order valence-corrected chi connectivity index (χ0v) is 12.8. The summed E-state index contributed by atoms with van der Waals surface area (Å²) in [6, 6.07) is 10.4. The summed E-state index contributed by atoms with van der Waals surface area (Å²) in [5.74, 6) is 0.0209. The minimum absolute atomic E-state index is 0.00751. The summed E-state index contributed by atoms with van der Waals surface area (Å²) >= 11 is 1.39. The van der Waals surface area contributed by atoms with Gasteiger partial charge in [0.15, 0.2) is 15.6 Å². The summed E-state index contributed by atoms with van der Waals surface area (Å²) in [5.41, 5.74) is 0.917. The second-order valence-corrected chi connectivity index (χ2v) is 7.70. The fourth-order valence-electron chi connectivity index (χ4n) is 1.91. The number of carbonyl (C=O) groups excluding carboxylic acids is 1. The molecule has 2 aromatic rings. The molecule has 0 fully saturated rings. The van der Waals surface area contributed by atoms with E-state index in [9.17, 15) is 13.2 Å². The third-order valence-corrected chi connectivity index (χ3v) is 5.67. The third-order valence-electron chi connectivity index (χ3n) is 2.96. The Hall–Kier alpha value is -1.46. The molecule has 1 heterocycles. The van der Waals surface area contributed by atoms with E-state index in [1.165, 1.54) is 11.3 Å². The standard InChI is InChI=1S/C15H16O3S2/c1-12-5-2-6-13(11-12)20(17,18)10-4-7-14(16)15-8-3-9-19-15/h2-3,5-6,8-9,11H,4,7,10H2,1H3. The Bertz CT molecular complexity index is 686. The van der Waals surface area contributed by atoms with E-state index in [1.807, 2.05) is 24.4 Å². The van der Waals surface area contributed by atoms with Crippen LogP contribution >= 0.6 is 11.3 Å². The molecule has 0 saturated carbocycles. The van der Waals surface area contributed by atoms with Crippen molar-refractivity contribution in [1.82, 2.24) is 0 Å². The van der Waals surface area contributed by atoms with Crippen LogP contribution in [0, 0.1) is 6.92 Å². The van der Waals surface area contributed by atoms with Gasteiger partial charge in [0.25, 0.3) is 0 Å². The first-order valence-electron chi connectivity index (χ1n) is 6.35. The molecule has 0 amide bonds. The molecule has 5 heteroatoms. The fourth-order valence-corrected chi connectivity index (χ4v) is 4.02. The van der Waals surface area contributed by atoms with Crippen LogP contribution in [-0.4, -0.2) is 20.0 Å². The molecule has 3 nitrogen and oxygen atoms in total. The lowest BCUT2D eigenvalue weighted by Crippen LogP contribution is -2.09. The van der Waals surface area contributed by atoms with Crippen LogP contribution in [0.4, 0.5) is 0 Å². The molecular formula is C15H16O3S2. The molecule has 1 aromatic heterocycles. The quantitative estimate of drug-likeness (QED) is 0.768. The van der Waals surface area contributed by atoms with Crippen LogP contribution in [0.15, 0.2) is 46.7 Å². The number of carbonyl (C=O) groups is 1. The highest BCUT2D eigenvalue weighted by molar-refractivity contribution is 7.91. The van der Waals surface area contributed by atoms with Crippen molar-refractivity contribution in [2.45, 2.75) is 24.7 Å². The first-order chi connectivity index (χ1) is 9.49. The molecule has 2 rings (SSSR count). The Morgan fingerprint density at radius 2 is 2.00 bits per heavy atom. The van der Waals surface area contributed by atoms with E-state index in [1.54, 1.807) is 24.3 Å². The van der Waals surface area contributed by atoms with E-state index in [-0.39, 0.29) is 18.0 Å². The van der Waals surface area contributed by atoms with Gasteiger partial charge < -0.3 is 0 Å². The van der Waals surface area contributed by atoms with Crippen molar-refractivity contribution in [3.05, 3.63) is 52.2 Å². The predicted octanol–water partition coefficient (Wildman–Crippen LogP) is 3.49. The van der Waals surface area contributed by atoms with Crippen LogP contribution in [0.25, 0.3) is 0 Å². The number of rotatable bonds is 6. The summed E-state index contributed by atoms with van der Waals surface area (Å²) < 4.78 is 24.3. The summed E-state index contributed by atoms with van der Waals surface area (Å²) in [4.78, 5) is 12.8. The van der Waals surface area contributed by atoms with E-state index < -0.39 is 9.84 Å². The van der Waals surface area contributed by atoms with E-state index >= 15 is 0 Å². The first kappa shape index (κ1) is 14.9. The van der Waals surface area contributed by atoms with Gasteiger partial charge in [-0.25, -0.2) is 8.42 Å². The molecule has 0 aliphatic carbocycles. The van der Waals surface area contributed by atoms with Gasteiger partial charge in [-0.3, -0.25) is 4.79 Å². The molecule has 106 valence electrons. The number of Topliss-reactive ketones (excluding diaryl/α,β-unsaturated/α-hetero) is 1. The zero-order chi connectivity index (χ0) is 14.6. The normalized spacial score (nSPS) is 11.4. The minimum atomic E-state index is -3.30. The number of sulfone groups is 1. The summed E-state index contributed by atoms with van der Waals surface area (Å²) in [6.45, 7) is 1.86.